The molecule has 0 fully saturated rings. The van der Waals surface area contributed by atoms with Gasteiger partial charge in [0.05, 0.1) is 0 Å². The van der Waals surface area contributed by atoms with Crippen LogP contribution >= 0.6 is 0 Å². The van der Waals surface area contributed by atoms with Crippen molar-refractivity contribution in [3.8, 4) is 0 Å². The summed E-state index contributed by atoms with van der Waals surface area (Å²) >= 11 is 0. The van der Waals surface area contributed by atoms with Crippen LogP contribution in [0.15, 0.2) is 12.7 Å². The van der Waals surface area contributed by atoms with Crippen LogP contribution in [0.3, 0.4) is 0 Å². The molecule has 0 aromatic carbocycles. The number of hydrogen-bond acceptors (Lipinski definition) is 0. The number of allylic oxidation sites excluding steroid dienone is 1. The van der Waals surface area contributed by atoms with Crippen molar-refractivity contribution >= 4 is 0 Å². The Kier molecular flexibility index (Phi) is 269. The van der Waals surface area contributed by atoms with Crippen molar-refractivity contribution < 1.29 is 11.0 Å². The first-order valence-corrected chi connectivity index (χ1v) is 0.986. The Bertz CT molecular complexity index is 12.4. The summed E-state index contributed by atoms with van der Waals surface area (Å²) in [6.07, 6.45) is 1.75. The van der Waals surface area contributed by atoms with Crippen molar-refractivity contribution in [2.24, 2.45) is 0 Å². The summed E-state index contributed by atoms with van der Waals surface area (Å²) in [6.45, 7) is 5.25. The number of rotatable bonds is 0. The second kappa shape index (κ2) is 59.5. The van der Waals surface area contributed by atoms with Crippen molar-refractivity contribution in [2.45, 2.75) is 6.92 Å². The van der Waals surface area contributed by atoms with E-state index in [1.807, 2.05) is 6.92 Å². The van der Waals surface area contributed by atoms with Gasteiger partial charge in [0, 0.05) is 0 Å². The van der Waals surface area contributed by atoms with E-state index >= 15 is 0 Å². The van der Waals surface area contributed by atoms with E-state index in [0.717, 1.165) is 0 Å². The van der Waals surface area contributed by atoms with E-state index in [2.05, 4.69) is 6.58 Å². The molecule has 0 bridgehead atoms. The first-order chi connectivity index (χ1) is 1.41. The van der Waals surface area contributed by atoms with E-state index in [1.54, 1.807) is 6.08 Å². The van der Waals surface area contributed by atoms with Gasteiger partial charge in [0.15, 0.2) is 0 Å². The highest BCUT2D eigenvalue weighted by atomic mass is 16.0. The molecule has 0 radical (unpaired) electrons. The van der Waals surface area contributed by atoms with E-state index in [9.17, 15) is 0 Å². The highest BCUT2D eigenvalue weighted by molar-refractivity contribution is 4.51. The lowest BCUT2D eigenvalue weighted by Crippen LogP contribution is -1.07. The largest absolute Gasteiger partial charge is 0.412 e. The van der Waals surface area contributed by atoms with Crippen LogP contribution in [0.2, 0.25) is 0 Å². The van der Waals surface area contributed by atoms with Crippen LogP contribution in [0, 0.1) is 0 Å². The maximum absolute atomic E-state index is 3.36. The van der Waals surface area contributed by atoms with Crippen LogP contribution in [0.4, 0.5) is 0 Å². The normalized spacial score (nSPS) is 2.60. The Balaban J connectivity index is -0.0000000200. The Hall–Kier alpha value is -0.340. The van der Waals surface area contributed by atoms with E-state index in [0.29, 0.717) is 0 Å². The molecule has 0 aliphatic carbocycles. The predicted molar refractivity (Wildman–Crippen MR) is 23.1 cm³/mol. The zero-order valence-electron chi connectivity index (χ0n) is 3.28. The molecule has 0 aliphatic rings. The molecule has 0 aromatic rings. The summed E-state index contributed by atoms with van der Waals surface area (Å²) in [7, 11) is 0. The SMILES string of the molecule is C=CC.O.O. The molecule has 0 heterocycles. The third kappa shape index (κ3) is 87.2. The minimum Gasteiger partial charge on any atom is -0.412 e. The second-order valence-electron chi connectivity index (χ2n) is 0.408. The van der Waals surface area contributed by atoms with E-state index in [-0.39, 0.29) is 11.0 Å². The van der Waals surface area contributed by atoms with Crippen LogP contribution in [0.1, 0.15) is 6.92 Å². The van der Waals surface area contributed by atoms with Crippen LogP contribution < -0.4 is 0 Å². The highest BCUT2D eigenvalue weighted by Crippen LogP contribution is 1.38. The Labute approximate surface area is 31.7 Å². The third-order valence-corrected chi connectivity index (χ3v) is 0. The van der Waals surface area contributed by atoms with Crippen LogP contribution in [-0.4, -0.2) is 11.0 Å². The Morgan fingerprint density at radius 2 is 1.40 bits per heavy atom. The molecule has 0 saturated carbocycles. The van der Waals surface area contributed by atoms with Gasteiger partial charge in [0.2, 0.25) is 0 Å². The maximum atomic E-state index is 3.36. The van der Waals surface area contributed by atoms with Gasteiger partial charge in [-0.2, -0.15) is 0 Å². The fourth-order valence-electron chi connectivity index (χ4n) is 0. The first kappa shape index (κ1) is 22.7. The smallest absolute Gasteiger partial charge is 0.0473 e. The van der Waals surface area contributed by atoms with Gasteiger partial charge in [-0.1, -0.05) is 6.08 Å². The van der Waals surface area contributed by atoms with Crippen LogP contribution in [-0.2, 0) is 0 Å². The lowest BCUT2D eigenvalue weighted by molar-refractivity contribution is 0.823. The van der Waals surface area contributed by atoms with Crippen LogP contribution in [0.5, 0.6) is 0 Å². The van der Waals surface area contributed by atoms with Gasteiger partial charge in [0.1, 0.15) is 0 Å². The molecule has 4 N–H and O–H groups in total. The average Bonchev–Trinajstić information content (AvgIpc) is 0.918. The van der Waals surface area contributed by atoms with Crippen molar-refractivity contribution in [2.75, 3.05) is 0 Å². The molecule has 0 rings (SSSR count). The third-order valence-electron chi connectivity index (χ3n) is 0. The van der Waals surface area contributed by atoms with Gasteiger partial charge in [-0.05, 0) is 6.92 Å². The van der Waals surface area contributed by atoms with Gasteiger partial charge in [0.25, 0.3) is 0 Å². The van der Waals surface area contributed by atoms with E-state index < -0.39 is 0 Å². The quantitative estimate of drug-likeness (QED) is 0.352. The molecule has 0 saturated heterocycles. The lowest BCUT2D eigenvalue weighted by Gasteiger charge is -1.31. The van der Waals surface area contributed by atoms with Crippen molar-refractivity contribution in [3.63, 3.8) is 0 Å². The fourth-order valence-corrected chi connectivity index (χ4v) is 0. The van der Waals surface area contributed by atoms with E-state index in [4.69, 9.17) is 0 Å². The summed E-state index contributed by atoms with van der Waals surface area (Å²) in [6, 6.07) is 0. The van der Waals surface area contributed by atoms with Gasteiger partial charge >= 0.3 is 0 Å². The standard InChI is InChI=1S/C3H6.2H2O/c1-3-2;;/h3H,1H2,2H3;2*1H2. The second-order valence-corrected chi connectivity index (χ2v) is 0.408. The molecule has 2 nitrogen and oxygen atoms in total. The average molecular weight is 78.1 g/mol. The summed E-state index contributed by atoms with van der Waals surface area (Å²) in [5.41, 5.74) is 0. The van der Waals surface area contributed by atoms with Crippen molar-refractivity contribution in [1.82, 2.24) is 0 Å². The Morgan fingerprint density at radius 3 is 1.40 bits per heavy atom. The molecule has 0 unspecified atom stereocenters. The molecule has 34 valence electrons. The number of hydrogen-bond donors (Lipinski definition) is 0. The van der Waals surface area contributed by atoms with Gasteiger partial charge < -0.3 is 11.0 Å². The van der Waals surface area contributed by atoms with Gasteiger partial charge in [-0.25, -0.2) is 0 Å². The zero-order chi connectivity index (χ0) is 2.71. The van der Waals surface area contributed by atoms with Gasteiger partial charge in [-0.3, -0.25) is 0 Å². The molecule has 0 aromatic heterocycles. The summed E-state index contributed by atoms with van der Waals surface area (Å²) < 4.78 is 0. The molecule has 0 aliphatic heterocycles. The van der Waals surface area contributed by atoms with Crippen LogP contribution in [0.25, 0.3) is 0 Å². The molecule has 0 atom stereocenters. The molecule has 0 spiro atoms. The molecule has 0 amide bonds. The van der Waals surface area contributed by atoms with Crippen molar-refractivity contribution in [3.05, 3.63) is 12.7 Å². The monoisotopic (exact) mass is 78.1 g/mol. The molecule has 2 heteroatoms. The predicted octanol–water partition coefficient (Wildman–Crippen LogP) is -0.457. The first-order valence-electron chi connectivity index (χ1n) is 0.986. The fraction of sp³-hybridized carbons (Fsp3) is 0.333. The summed E-state index contributed by atoms with van der Waals surface area (Å²) in [5, 5.41) is 0. The molecule has 5 heavy (non-hydrogen) atoms. The molecular weight excluding hydrogens is 68.0 g/mol. The summed E-state index contributed by atoms with van der Waals surface area (Å²) in [5.74, 6) is 0. The Morgan fingerprint density at radius 1 is 1.40 bits per heavy atom. The van der Waals surface area contributed by atoms with Gasteiger partial charge in [-0.15, -0.1) is 6.58 Å². The highest BCUT2D eigenvalue weighted by Gasteiger charge is 1.15. The maximum Gasteiger partial charge on any atom is -0.0473 e. The minimum absolute atomic E-state index is 0. The van der Waals surface area contributed by atoms with Crippen molar-refractivity contribution in [1.29, 1.82) is 0 Å². The summed E-state index contributed by atoms with van der Waals surface area (Å²) in [4.78, 5) is 0. The topological polar surface area (TPSA) is 63.0 Å². The lowest BCUT2D eigenvalue weighted by atomic mass is 10.8. The minimum atomic E-state index is 0. The molecular formula is C3H10O2. The van der Waals surface area contributed by atoms with E-state index in [1.165, 1.54) is 0 Å². The zero-order valence-corrected chi connectivity index (χ0v) is 3.28.